The molecule has 0 radical (unpaired) electrons. The molecule has 0 bridgehead atoms. The molecular formula is C19H19ClN4O3. The van der Waals surface area contributed by atoms with E-state index in [2.05, 4.69) is 21.1 Å². The van der Waals surface area contributed by atoms with E-state index < -0.39 is 0 Å². The molecule has 0 spiro atoms. The van der Waals surface area contributed by atoms with Gasteiger partial charge in [0.25, 0.3) is 5.91 Å². The summed E-state index contributed by atoms with van der Waals surface area (Å²) in [6, 6.07) is 12.7. The zero-order valence-electron chi connectivity index (χ0n) is 14.9. The topological polar surface area (TPSA) is 84.3 Å². The van der Waals surface area contributed by atoms with E-state index in [-0.39, 0.29) is 11.8 Å². The Balaban J connectivity index is 1.68. The van der Waals surface area contributed by atoms with Crippen LogP contribution in [0, 0.1) is 0 Å². The molecule has 2 aromatic carbocycles. The van der Waals surface area contributed by atoms with Gasteiger partial charge in [-0.3, -0.25) is 4.79 Å². The fourth-order valence-electron chi connectivity index (χ4n) is 2.70. The fourth-order valence-corrected chi connectivity index (χ4v) is 2.83. The first kappa shape index (κ1) is 18.7. The maximum Gasteiger partial charge on any atom is 0.288 e. The Morgan fingerprint density at radius 2 is 1.89 bits per heavy atom. The minimum Gasteiger partial charge on any atom is -0.497 e. The summed E-state index contributed by atoms with van der Waals surface area (Å²) >= 11 is 5.93. The van der Waals surface area contributed by atoms with E-state index in [0.29, 0.717) is 28.8 Å². The van der Waals surface area contributed by atoms with Crippen molar-refractivity contribution in [1.82, 2.24) is 10.9 Å². The van der Waals surface area contributed by atoms with Gasteiger partial charge in [0.1, 0.15) is 17.2 Å². The molecule has 2 N–H and O–H groups in total. The number of benzene rings is 2. The van der Waals surface area contributed by atoms with Crippen LogP contribution in [0.15, 0.2) is 52.7 Å². The maximum absolute atomic E-state index is 12.5. The van der Waals surface area contributed by atoms with Gasteiger partial charge in [-0.1, -0.05) is 23.7 Å². The molecule has 7 nitrogen and oxygen atoms in total. The Morgan fingerprint density at radius 1 is 1.22 bits per heavy atom. The zero-order chi connectivity index (χ0) is 19.2. The first-order chi connectivity index (χ1) is 13.1. The van der Waals surface area contributed by atoms with Crippen LogP contribution < -0.4 is 20.3 Å². The highest BCUT2D eigenvalue weighted by Crippen LogP contribution is 2.23. The minimum atomic E-state index is -0.369. The third-order valence-electron chi connectivity index (χ3n) is 4.08. The molecule has 2 aromatic rings. The van der Waals surface area contributed by atoms with Crippen LogP contribution in [-0.2, 0) is 4.79 Å². The average Bonchev–Trinajstić information content (AvgIpc) is 3.18. The van der Waals surface area contributed by atoms with Crippen LogP contribution in [0.25, 0.3) is 0 Å². The molecule has 1 heterocycles. The maximum atomic E-state index is 12.5. The smallest absolute Gasteiger partial charge is 0.288 e. The van der Waals surface area contributed by atoms with E-state index >= 15 is 0 Å². The number of rotatable bonds is 6. The van der Waals surface area contributed by atoms with Crippen molar-refractivity contribution >= 4 is 29.4 Å². The predicted molar refractivity (Wildman–Crippen MR) is 105 cm³/mol. The van der Waals surface area contributed by atoms with Crippen molar-refractivity contribution in [2.75, 3.05) is 20.8 Å². The highest BCUT2D eigenvalue weighted by molar-refractivity contribution is 6.41. The zero-order valence-corrected chi connectivity index (χ0v) is 15.7. The van der Waals surface area contributed by atoms with Gasteiger partial charge in [0.15, 0.2) is 0 Å². The van der Waals surface area contributed by atoms with Gasteiger partial charge in [-0.05, 0) is 29.8 Å². The van der Waals surface area contributed by atoms with Crippen LogP contribution in [-0.4, -0.2) is 38.6 Å². The third-order valence-corrected chi connectivity index (χ3v) is 4.34. The third kappa shape index (κ3) is 4.57. The van der Waals surface area contributed by atoms with Crippen LogP contribution in [0.4, 0.5) is 0 Å². The number of amides is 1. The number of hydrazone groups is 2. The molecule has 1 aliphatic heterocycles. The van der Waals surface area contributed by atoms with Gasteiger partial charge in [0.05, 0.1) is 26.4 Å². The average molecular weight is 387 g/mol. The summed E-state index contributed by atoms with van der Waals surface area (Å²) < 4.78 is 10.4. The first-order valence-electron chi connectivity index (χ1n) is 8.23. The lowest BCUT2D eigenvalue weighted by molar-refractivity contribution is -0.114. The molecule has 0 fully saturated rings. The second-order valence-corrected chi connectivity index (χ2v) is 6.24. The van der Waals surface area contributed by atoms with E-state index in [1.54, 1.807) is 44.6 Å². The van der Waals surface area contributed by atoms with Crippen molar-refractivity contribution in [3.05, 3.63) is 58.6 Å². The van der Waals surface area contributed by atoms with Crippen LogP contribution in [0.5, 0.6) is 11.5 Å². The molecule has 8 heteroatoms. The fraction of sp³-hybridized carbons (Fsp3) is 0.211. The molecule has 1 unspecified atom stereocenters. The van der Waals surface area contributed by atoms with Gasteiger partial charge in [-0.15, -0.1) is 0 Å². The number of methoxy groups -OCH3 is 2. The van der Waals surface area contributed by atoms with E-state index in [1.165, 1.54) is 6.21 Å². The van der Waals surface area contributed by atoms with Crippen molar-refractivity contribution in [2.24, 2.45) is 10.2 Å². The number of hydrogen-bond acceptors (Lipinski definition) is 6. The summed E-state index contributed by atoms with van der Waals surface area (Å²) in [6.07, 6.45) is 1.52. The normalized spacial score (nSPS) is 16.0. The molecule has 0 saturated carbocycles. The van der Waals surface area contributed by atoms with Crippen molar-refractivity contribution < 1.29 is 14.3 Å². The Kier molecular flexibility index (Phi) is 5.93. The van der Waals surface area contributed by atoms with Crippen molar-refractivity contribution in [1.29, 1.82) is 0 Å². The summed E-state index contributed by atoms with van der Waals surface area (Å²) in [5, 5.41) is 8.76. The largest absolute Gasteiger partial charge is 0.497 e. The van der Waals surface area contributed by atoms with Crippen LogP contribution in [0.2, 0.25) is 5.02 Å². The van der Waals surface area contributed by atoms with Crippen molar-refractivity contribution in [3.8, 4) is 11.5 Å². The predicted octanol–water partition coefficient (Wildman–Crippen LogP) is 2.55. The number of halogens is 1. The van der Waals surface area contributed by atoms with Gasteiger partial charge in [0, 0.05) is 23.2 Å². The summed E-state index contributed by atoms with van der Waals surface area (Å²) in [5.74, 6) is 0.740. The lowest BCUT2D eigenvalue weighted by atomic mass is 9.94. The van der Waals surface area contributed by atoms with Gasteiger partial charge < -0.3 is 14.9 Å². The number of ether oxygens (including phenoxy) is 2. The van der Waals surface area contributed by atoms with E-state index in [1.807, 2.05) is 12.1 Å². The minimum absolute atomic E-state index is 0.158. The summed E-state index contributed by atoms with van der Waals surface area (Å²) in [7, 11) is 3.14. The summed E-state index contributed by atoms with van der Waals surface area (Å²) in [6.45, 7) is 0.543. The first-order valence-corrected chi connectivity index (χ1v) is 8.61. The molecule has 0 aliphatic carbocycles. The van der Waals surface area contributed by atoms with Crippen LogP contribution >= 0.6 is 11.6 Å². The summed E-state index contributed by atoms with van der Waals surface area (Å²) in [4.78, 5) is 12.5. The molecule has 0 aromatic heterocycles. The Hall–Kier alpha value is -3.06. The Bertz CT molecular complexity index is 859. The summed E-state index contributed by atoms with van der Waals surface area (Å²) in [5.41, 5.74) is 7.44. The van der Waals surface area contributed by atoms with Crippen LogP contribution in [0.3, 0.4) is 0 Å². The SMILES string of the molecule is COc1cc(/C=N/NC(=O)C2=NNCC2c2ccc(Cl)cc2)cc(OC)c1. The number of nitrogens with zero attached hydrogens (tertiary/aromatic N) is 2. The number of nitrogens with one attached hydrogen (secondary N) is 2. The van der Waals surface area contributed by atoms with Crippen LogP contribution in [0.1, 0.15) is 17.0 Å². The van der Waals surface area contributed by atoms with Gasteiger partial charge in [-0.25, -0.2) is 5.43 Å². The molecule has 3 rings (SSSR count). The Labute approximate surface area is 162 Å². The lowest BCUT2D eigenvalue weighted by Gasteiger charge is -2.11. The quantitative estimate of drug-likeness (QED) is 0.590. The van der Waals surface area contributed by atoms with Crippen molar-refractivity contribution in [3.63, 3.8) is 0 Å². The van der Waals surface area contributed by atoms with Gasteiger partial charge in [0.2, 0.25) is 0 Å². The van der Waals surface area contributed by atoms with Gasteiger partial charge >= 0.3 is 0 Å². The highest BCUT2D eigenvalue weighted by atomic mass is 35.5. The van der Waals surface area contributed by atoms with E-state index in [9.17, 15) is 4.79 Å². The second-order valence-electron chi connectivity index (χ2n) is 5.81. The standard InChI is InChI=1S/C19H19ClN4O3/c1-26-15-7-12(8-16(9-15)27-2)10-21-24-19(25)18-17(11-22-23-18)13-3-5-14(20)6-4-13/h3-10,17,22H,11H2,1-2H3,(H,24,25)/b21-10+. The van der Waals surface area contributed by atoms with E-state index in [0.717, 1.165) is 11.1 Å². The number of carbonyl (C=O) groups is 1. The molecule has 1 amide bonds. The van der Waals surface area contributed by atoms with Crippen molar-refractivity contribution in [2.45, 2.75) is 5.92 Å². The highest BCUT2D eigenvalue weighted by Gasteiger charge is 2.28. The monoisotopic (exact) mass is 386 g/mol. The molecule has 0 saturated heterocycles. The number of hydrogen-bond donors (Lipinski definition) is 2. The number of carbonyl (C=O) groups excluding carboxylic acids is 1. The molecule has 1 aliphatic rings. The molecule has 27 heavy (non-hydrogen) atoms. The molecule has 1 atom stereocenters. The Morgan fingerprint density at radius 3 is 2.52 bits per heavy atom. The van der Waals surface area contributed by atoms with E-state index in [4.69, 9.17) is 21.1 Å². The molecular weight excluding hydrogens is 368 g/mol. The molecule has 140 valence electrons. The lowest BCUT2D eigenvalue weighted by Crippen LogP contribution is -2.30. The second kappa shape index (κ2) is 8.55. The van der Waals surface area contributed by atoms with Gasteiger partial charge in [-0.2, -0.15) is 10.2 Å².